The third-order valence-corrected chi connectivity index (χ3v) is 3.17. The number of unbranched alkanes of at least 4 members (excludes halogenated alkanes) is 1. The van der Waals surface area contributed by atoms with Gasteiger partial charge in [0.05, 0.1) is 20.0 Å². The molecule has 0 unspecified atom stereocenters. The zero-order valence-corrected chi connectivity index (χ0v) is 12.7. The first kappa shape index (κ1) is 15.2. The summed E-state index contributed by atoms with van der Waals surface area (Å²) in [7, 11) is 1.67. The molecule has 0 amide bonds. The first-order valence-corrected chi connectivity index (χ1v) is 7.22. The Balaban J connectivity index is 1.79. The van der Waals surface area contributed by atoms with Crippen molar-refractivity contribution in [1.29, 1.82) is 0 Å². The molecule has 0 bridgehead atoms. The lowest BCUT2D eigenvalue weighted by Crippen LogP contribution is -2.02. The lowest BCUT2D eigenvalue weighted by atomic mass is 10.2. The second kappa shape index (κ2) is 8.15. The van der Waals surface area contributed by atoms with Crippen molar-refractivity contribution in [2.45, 2.75) is 26.3 Å². The van der Waals surface area contributed by atoms with Crippen LogP contribution in [0.1, 0.15) is 25.3 Å². The summed E-state index contributed by atoms with van der Waals surface area (Å²) in [5, 5.41) is 0. The van der Waals surface area contributed by atoms with E-state index < -0.39 is 0 Å². The van der Waals surface area contributed by atoms with Crippen LogP contribution in [0, 0.1) is 0 Å². The molecule has 2 aromatic rings. The van der Waals surface area contributed by atoms with E-state index >= 15 is 0 Å². The predicted molar refractivity (Wildman–Crippen MR) is 84.7 cm³/mol. The molecule has 4 nitrogen and oxygen atoms in total. The Morgan fingerprint density at radius 2 is 2.14 bits per heavy atom. The molecule has 0 N–H and O–H groups in total. The Hall–Kier alpha value is -2.23. The normalized spacial score (nSPS) is 11.0. The topological polar surface area (TPSA) is 36.3 Å². The highest BCUT2D eigenvalue weighted by atomic mass is 16.5. The largest absolute Gasteiger partial charge is 0.493 e. The average Bonchev–Trinajstić information content (AvgIpc) is 3.01. The second-order valence-electron chi connectivity index (χ2n) is 4.77. The molecule has 0 atom stereocenters. The van der Waals surface area contributed by atoms with Crippen molar-refractivity contribution in [2.24, 2.45) is 0 Å². The minimum atomic E-state index is 0.689. The van der Waals surface area contributed by atoms with Gasteiger partial charge in [-0.05, 0) is 37.5 Å². The summed E-state index contributed by atoms with van der Waals surface area (Å²) in [6.07, 6.45) is 11.7. The molecule has 0 saturated carbocycles. The summed E-state index contributed by atoms with van der Waals surface area (Å²) in [4.78, 5) is 4.02. The van der Waals surface area contributed by atoms with Crippen molar-refractivity contribution in [3.8, 4) is 11.5 Å². The molecule has 0 saturated heterocycles. The zero-order chi connectivity index (χ0) is 14.9. The zero-order valence-electron chi connectivity index (χ0n) is 12.7. The van der Waals surface area contributed by atoms with Gasteiger partial charge in [-0.25, -0.2) is 4.98 Å². The van der Waals surface area contributed by atoms with Crippen molar-refractivity contribution < 1.29 is 9.47 Å². The van der Waals surface area contributed by atoms with Crippen LogP contribution in [-0.2, 0) is 6.54 Å². The molecule has 0 aliphatic heterocycles. The maximum Gasteiger partial charge on any atom is 0.161 e. The van der Waals surface area contributed by atoms with Crippen LogP contribution in [0.2, 0.25) is 0 Å². The molecule has 4 heteroatoms. The molecule has 0 radical (unpaired) electrons. The van der Waals surface area contributed by atoms with E-state index in [2.05, 4.69) is 9.55 Å². The van der Waals surface area contributed by atoms with Crippen molar-refractivity contribution in [1.82, 2.24) is 9.55 Å². The molecule has 21 heavy (non-hydrogen) atoms. The maximum atomic E-state index is 5.81. The molecule has 0 aliphatic carbocycles. The first-order chi connectivity index (χ1) is 10.3. The number of allylic oxidation sites excluding steroid dienone is 1. The summed E-state index contributed by atoms with van der Waals surface area (Å²) in [5.74, 6) is 1.58. The van der Waals surface area contributed by atoms with Crippen molar-refractivity contribution in [2.75, 3.05) is 13.7 Å². The highest BCUT2D eigenvalue weighted by Gasteiger charge is 2.04. The number of aryl methyl sites for hydroxylation is 1. The highest BCUT2D eigenvalue weighted by Crippen LogP contribution is 2.28. The van der Waals surface area contributed by atoms with Crippen LogP contribution in [0.15, 0.2) is 43.0 Å². The van der Waals surface area contributed by atoms with E-state index in [9.17, 15) is 0 Å². The molecule has 0 fully saturated rings. The second-order valence-corrected chi connectivity index (χ2v) is 4.77. The molecular weight excluding hydrogens is 264 g/mol. The van der Waals surface area contributed by atoms with Gasteiger partial charge in [0.25, 0.3) is 0 Å². The standard InChI is InChI=1S/C17H22N2O2/c1-3-6-15-7-8-16(17(13-15)20-2)21-12-5-4-10-19-11-9-18-14-19/h3,6-9,11,13-14H,4-5,10,12H2,1-2H3/b6-3+. The molecular formula is C17H22N2O2. The number of ether oxygens (including phenoxy) is 2. The minimum absolute atomic E-state index is 0.689. The molecule has 112 valence electrons. The van der Waals surface area contributed by atoms with Gasteiger partial charge < -0.3 is 14.0 Å². The number of benzene rings is 1. The number of imidazole rings is 1. The average molecular weight is 286 g/mol. The number of hydrogen-bond donors (Lipinski definition) is 0. The van der Waals surface area contributed by atoms with Gasteiger partial charge in [-0.1, -0.05) is 18.2 Å². The van der Waals surface area contributed by atoms with Gasteiger partial charge in [0.15, 0.2) is 11.5 Å². The van der Waals surface area contributed by atoms with Crippen molar-refractivity contribution in [3.05, 3.63) is 48.6 Å². The van der Waals surface area contributed by atoms with E-state index in [1.165, 1.54) is 0 Å². The van der Waals surface area contributed by atoms with Gasteiger partial charge in [-0.15, -0.1) is 0 Å². The Morgan fingerprint density at radius 1 is 1.24 bits per heavy atom. The fourth-order valence-corrected chi connectivity index (χ4v) is 2.10. The Morgan fingerprint density at radius 3 is 2.86 bits per heavy atom. The quantitative estimate of drug-likeness (QED) is 0.693. The lowest BCUT2D eigenvalue weighted by molar-refractivity contribution is 0.284. The van der Waals surface area contributed by atoms with Gasteiger partial charge in [0, 0.05) is 18.9 Å². The lowest BCUT2D eigenvalue weighted by Gasteiger charge is -2.11. The molecule has 0 spiro atoms. The van der Waals surface area contributed by atoms with Gasteiger partial charge in [0.1, 0.15) is 0 Å². The monoisotopic (exact) mass is 286 g/mol. The minimum Gasteiger partial charge on any atom is -0.493 e. The molecule has 0 aliphatic rings. The van der Waals surface area contributed by atoms with Gasteiger partial charge in [0.2, 0.25) is 0 Å². The van der Waals surface area contributed by atoms with Crippen LogP contribution < -0.4 is 9.47 Å². The number of rotatable bonds is 8. The fourth-order valence-electron chi connectivity index (χ4n) is 2.10. The molecule has 1 heterocycles. The van der Waals surface area contributed by atoms with Gasteiger partial charge >= 0.3 is 0 Å². The van der Waals surface area contributed by atoms with E-state index in [1.807, 2.05) is 49.8 Å². The van der Waals surface area contributed by atoms with E-state index in [-0.39, 0.29) is 0 Å². The summed E-state index contributed by atoms with van der Waals surface area (Å²) < 4.78 is 13.3. The third-order valence-electron chi connectivity index (χ3n) is 3.17. The van der Waals surface area contributed by atoms with Crippen LogP contribution in [0.3, 0.4) is 0 Å². The molecule has 2 rings (SSSR count). The number of hydrogen-bond acceptors (Lipinski definition) is 3. The van der Waals surface area contributed by atoms with Crippen LogP contribution in [0.4, 0.5) is 0 Å². The van der Waals surface area contributed by atoms with Crippen LogP contribution >= 0.6 is 0 Å². The Bertz CT molecular complexity index is 562. The summed E-state index contributed by atoms with van der Waals surface area (Å²) in [5.41, 5.74) is 1.11. The fraction of sp³-hybridized carbons (Fsp3) is 0.353. The smallest absolute Gasteiger partial charge is 0.161 e. The maximum absolute atomic E-state index is 5.81. The van der Waals surface area contributed by atoms with Gasteiger partial charge in [-0.3, -0.25) is 0 Å². The van der Waals surface area contributed by atoms with Gasteiger partial charge in [-0.2, -0.15) is 0 Å². The van der Waals surface area contributed by atoms with E-state index in [0.717, 1.165) is 36.4 Å². The highest BCUT2D eigenvalue weighted by molar-refractivity contribution is 5.55. The van der Waals surface area contributed by atoms with Crippen molar-refractivity contribution in [3.63, 3.8) is 0 Å². The Labute approximate surface area is 126 Å². The van der Waals surface area contributed by atoms with Crippen LogP contribution in [0.25, 0.3) is 6.08 Å². The van der Waals surface area contributed by atoms with Crippen LogP contribution in [0.5, 0.6) is 11.5 Å². The number of aromatic nitrogens is 2. The summed E-state index contributed by atoms with van der Waals surface area (Å²) >= 11 is 0. The summed E-state index contributed by atoms with van der Waals surface area (Å²) in [6, 6.07) is 5.98. The predicted octanol–water partition coefficient (Wildman–Crippen LogP) is 3.78. The molecule has 1 aromatic carbocycles. The van der Waals surface area contributed by atoms with Crippen molar-refractivity contribution >= 4 is 6.08 Å². The third kappa shape index (κ3) is 4.67. The number of nitrogens with zero attached hydrogens (tertiary/aromatic N) is 2. The van der Waals surface area contributed by atoms with Crippen LogP contribution in [-0.4, -0.2) is 23.3 Å². The number of methoxy groups -OCH3 is 1. The first-order valence-electron chi connectivity index (χ1n) is 7.22. The summed E-state index contributed by atoms with van der Waals surface area (Å²) in [6.45, 7) is 3.66. The Kier molecular flexibility index (Phi) is 5.88. The molecule has 1 aromatic heterocycles. The van der Waals surface area contributed by atoms with E-state index in [1.54, 1.807) is 13.3 Å². The van der Waals surface area contributed by atoms with E-state index in [0.29, 0.717) is 6.61 Å². The van der Waals surface area contributed by atoms with E-state index in [4.69, 9.17) is 9.47 Å². The SMILES string of the molecule is C/C=C/c1ccc(OCCCCn2ccnc2)c(OC)c1.